The molecule has 1 aliphatic heterocycles. The van der Waals surface area contributed by atoms with Gasteiger partial charge in [-0.25, -0.2) is 4.79 Å². The van der Waals surface area contributed by atoms with Crippen LogP contribution in [0.2, 0.25) is 0 Å². The summed E-state index contributed by atoms with van der Waals surface area (Å²) in [6, 6.07) is 13.2. The van der Waals surface area contributed by atoms with E-state index in [0.717, 1.165) is 22.0 Å². The molecular weight excluding hydrogens is 292 g/mol. The molecule has 1 aliphatic rings. The number of aromatic nitrogens is 1. The van der Waals surface area contributed by atoms with Crippen LogP contribution in [0.15, 0.2) is 52.4 Å². The first-order valence-electron chi connectivity index (χ1n) is 7.46. The molecule has 0 N–H and O–H groups in total. The highest BCUT2D eigenvalue weighted by Gasteiger charge is 2.21. The predicted molar refractivity (Wildman–Crippen MR) is 88.6 cm³/mol. The number of pyridine rings is 1. The number of hydrogen-bond donors (Lipinski definition) is 0. The Morgan fingerprint density at radius 1 is 1.13 bits per heavy atom. The van der Waals surface area contributed by atoms with Gasteiger partial charge in [0, 0.05) is 36.2 Å². The number of oxime groups is 1. The summed E-state index contributed by atoms with van der Waals surface area (Å²) in [6.45, 7) is 2.01. The molecule has 0 amide bonds. The Labute approximate surface area is 131 Å². The summed E-state index contributed by atoms with van der Waals surface area (Å²) in [5.41, 5.74) is 3.33. The van der Waals surface area contributed by atoms with Crippen LogP contribution in [-0.2, 0) is 16.2 Å². The molecule has 3 aromatic rings. The lowest BCUT2D eigenvalue weighted by Crippen LogP contribution is -2.21. The number of para-hydroxylation sites is 2. The summed E-state index contributed by atoms with van der Waals surface area (Å²) < 4.78 is 2.15. The van der Waals surface area contributed by atoms with E-state index in [1.54, 1.807) is 0 Å². The van der Waals surface area contributed by atoms with Gasteiger partial charge in [-0.1, -0.05) is 29.4 Å². The van der Waals surface area contributed by atoms with Crippen molar-refractivity contribution in [3.8, 4) is 0 Å². The van der Waals surface area contributed by atoms with Crippen LogP contribution in [-0.4, -0.2) is 16.2 Å². The van der Waals surface area contributed by atoms with E-state index in [9.17, 15) is 9.59 Å². The summed E-state index contributed by atoms with van der Waals surface area (Å²) in [7, 11) is 0. The third-order valence-electron chi connectivity index (χ3n) is 4.16. The predicted octanol–water partition coefficient (Wildman–Crippen LogP) is 2.83. The summed E-state index contributed by atoms with van der Waals surface area (Å²) in [4.78, 5) is 28.6. The number of fused-ring (bicyclic) bond motifs is 2. The van der Waals surface area contributed by atoms with Crippen LogP contribution >= 0.6 is 0 Å². The molecule has 23 heavy (non-hydrogen) atoms. The minimum absolute atomic E-state index is 0.0161. The Balaban J connectivity index is 2.11. The van der Waals surface area contributed by atoms with E-state index in [1.807, 2.05) is 42.5 Å². The van der Waals surface area contributed by atoms with E-state index in [1.165, 1.54) is 6.92 Å². The molecule has 0 saturated carbocycles. The van der Waals surface area contributed by atoms with E-state index < -0.39 is 5.97 Å². The first kappa shape index (κ1) is 13.7. The lowest BCUT2D eigenvalue weighted by molar-refractivity contribution is -0.140. The first-order chi connectivity index (χ1) is 11.2. The van der Waals surface area contributed by atoms with Crippen molar-refractivity contribution in [3.05, 3.63) is 58.3 Å². The van der Waals surface area contributed by atoms with Crippen molar-refractivity contribution >= 4 is 33.5 Å². The maximum absolute atomic E-state index is 12.8. The SMILES string of the molecule is CC(=O)O/N=C1\CCn2c3ccccc3c(=O)c3cccc1c32. The van der Waals surface area contributed by atoms with Crippen LogP contribution in [0, 0.1) is 0 Å². The minimum Gasteiger partial charge on any atom is -0.339 e. The highest BCUT2D eigenvalue weighted by atomic mass is 16.7. The van der Waals surface area contributed by atoms with E-state index in [2.05, 4.69) is 9.72 Å². The zero-order valence-corrected chi connectivity index (χ0v) is 12.6. The average molecular weight is 306 g/mol. The molecule has 5 nitrogen and oxygen atoms in total. The Kier molecular flexibility index (Phi) is 3.01. The van der Waals surface area contributed by atoms with Gasteiger partial charge in [-0.15, -0.1) is 0 Å². The molecule has 0 unspecified atom stereocenters. The van der Waals surface area contributed by atoms with Crippen molar-refractivity contribution < 1.29 is 9.63 Å². The molecule has 4 rings (SSSR count). The number of carbonyl (C=O) groups is 1. The lowest BCUT2D eigenvalue weighted by Gasteiger charge is -2.22. The molecule has 0 fully saturated rings. The molecule has 0 aliphatic carbocycles. The molecule has 0 saturated heterocycles. The number of nitrogens with zero attached hydrogens (tertiary/aromatic N) is 2. The maximum Gasteiger partial charge on any atom is 0.331 e. The van der Waals surface area contributed by atoms with Crippen molar-refractivity contribution in [1.29, 1.82) is 0 Å². The van der Waals surface area contributed by atoms with Gasteiger partial charge in [0.05, 0.1) is 16.7 Å². The van der Waals surface area contributed by atoms with Crippen LogP contribution in [0.5, 0.6) is 0 Å². The smallest absolute Gasteiger partial charge is 0.331 e. The van der Waals surface area contributed by atoms with Crippen molar-refractivity contribution in [2.45, 2.75) is 19.9 Å². The van der Waals surface area contributed by atoms with Gasteiger partial charge in [0.2, 0.25) is 0 Å². The Bertz CT molecular complexity index is 1050. The monoisotopic (exact) mass is 306 g/mol. The topological polar surface area (TPSA) is 60.7 Å². The minimum atomic E-state index is -0.453. The molecular formula is C18H14N2O3. The largest absolute Gasteiger partial charge is 0.339 e. The van der Waals surface area contributed by atoms with E-state index in [4.69, 9.17) is 4.84 Å². The van der Waals surface area contributed by atoms with Crippen LogP contribution < -0.4 is 5.43 Å². The molecule has 1 aromatic heterocycles. The van der Waals surface area contributed by atoms with Gasteiger partial charge in [0.1, 0.15) is 0 Å². The van der Waals surface area contributed by atoms with Crippen molar-refractivity contribution in [3.63, 3.8) is 0 Å². The number of aryl methyl sites for hydroxylation is 1. The van der Waals surface area contributed by atoms with Gasteiger partial charge in [-0.3, -0.25) is 4.79 Å². The molecule has 114 valence electrons. The van der Waals surface area contributed by atoms with Gasteiger partial charge in [-0.05, 0) is 18.2 Å². The van der Waals surface area contributed by atoms with E-state index >= 15 is 0 Å². The molecule has 0 spiro atoms. The fourth-order valence-electron chi connectivity index (χ4n) is 3.22. The van der Waals surface area contributed by atoms with Crippen LogP contribution in [0.25, 0.3) is 21.8 Å². The molecule has 5 heteroatoms. The summed E-state index contributed by atoms with van der Waals surface area (Å²) in [5, 5.41) is 5.35. The van der Waals surface area contributed by atoms with Crippen molar-refractivity contribution in [2.24, 2.45) is 5.16 Å². The zero-order chi connectivity index (χ0) is 16.0. The normalized spacial score (nSPS) is 15.3. The molecule has 0 atom stereocenters. The Morgan fingerprint density at radius 2 is 1.91 bits per heavy atom. The van der Waals surface area contributed by atoms with Crippen molar-refractivity contribution in [2.75, 3.05) is 0 Å². The van der Waals surface area contributed by atoms with Gasteiger partial charge >= 0.3 is 5.97 Å². The third-order valence-corrected chi connectivity index (χ3v) is 4.16. The second-order valence-corrected chi connectivity index (χ2v) is 5.57. The van der Waals surface area contributed by atoms with Crippen LogP contribution in [0.1, 0.15) is 18.9 Å². The van der Waals surface area contributed by atoms with Crippen LogP contribution in [0.4, 0.5) is 0 Å². The number of benzene rings is 2. The Hall–Kier alpha value is -2.95. The molecule has 0 radical (unpaired) electrons. The van der Waals surface area contributed by atoms with Crippen LogP contribution in [0.3, 0.4) is 0 Å². The maximum atomic E-state index is 12.8. The second kappa shape index (κ2) is 5.05. The summed E-state index contributed by atoms with van der Waals surface area (Å²) in [6.07, 6.45) is 0.645. The quantitative estimate of drug-likeness (QED) is 0.394. The number of hydrogen-bond acceptors (Lipinski definition) is 4. The standard InChI is InChI=1S/C18H14N2O3/c1-11(21)23-19-15-9-10-20-16-8-3-2-5-13(16)18(22)14-7-4-6-12(15)17(14)20/h2-8H,9-10H2,1H3/b19-15+. The Morgan fingerprint density at radius 3 is 2.74 bits per heavy atom. The van der Waals surface area contributed by atoms with E-state index in [0.29, 0.717) is 24.1 Å². The highest BCUT2D eigenvalue weighted by Crippen LogP contribution is 2.27. The van der Waals surface area contributed by atoms with Gasteiger partial charge in [0.25, 0.3) is 0 Å². The lowest BCUT2D eigenvalue weighted by atomic mass is 9.97. The third kappa shape index (κ3) is 2.04. The highest BCUT2D eigenvalue weighted by molar-refractivity contribution is 6.12. The fourth-order valence-corrected chi connectivity index (χ4v) is 3.22. The average Bonchev–Trinajstić information content (AvgIpc) is 2.58. The van der Waals surface area contributed by atoms with E-state index in [-0.39, 0.29) is 5.43 Å². The van der Waals surface area contributed by atoms with Gasteiger partial charge in [0.15, 0.2) is 5.43 Å². The summed E-state index contributed by atoms with van der Waals surface area (Å²) >= 11 is 0. The molecule has 2 heterocycles. The van der Waals surface area contributed by atoms with Gasteiger partial charge < -0.3 is 9.40 Å². The second-order valence-electron chi connectivity index (χ2n) is 5.57. The number of rotatable bonds is 1. The zero-order valence-electron chi connectivity index (χ0n) is 12.6. The molecule has 0 bridgehead atoms. The summed E-state index contributed by atoms with van der Waals surface area (Å²) in [5.74, 6) is -0.453. The fraction of sp³-hybridized carbons (Fsp3) is 0.167. The first-order valence-corrected chi connectivity index (χ1v) is 7.46. The number of carbonyl (C=O) groups excluding carboxylic acids is 1. The molecule has 2 aromatic carbocycles. The van der Waals surface area contributed by atoms with Gasteiger partial charge in [-0.2, -0.15) is 0 Å². The van der Waals surface area contributed by atoms with Crippen molar-refractivity contribution in [1.82, 2.24) is 4.57 Å².